The Morgan fingerprint density at radius 1 is 1.00 bits per heavy atom. The number of ether oxygens (including phenoxy) is 1. The molecule has 11 heteroatoms. The molecule has 0 heterocycles. The van der Waals surface area contributed by atoms with Gasteiger partial charge in [0.2, 0.25) is 11.8 Å². The van der Waals surface area contributed by atoms with E-state index >= 15 is 0 Å². The van der Waals surface area contributed by atoms with E-state index in [1.165, 1.54) is 36.2 Å². The van der Waals surface area contributed by atoms with Crippen LogP contribution in [0.5, 0.6) is 5.75 Å². The molecule has 38 heavy (non-hydrogen) atoms. The van der Waals surface area contributed by atoms with E-state index in [0.717, 1.165) is 14.3 Å². The zero-order valence-corrected chi connectivity index (χ0v) is 24.4. The molecule has 202 valence electrons. The SMILES string of the molecule is CCOc1ccc(N(CC(=O)N(Cc2ccc(Br)cc2)C(C)C(=O)NC)S(=O)(=O)c2ccc(Cl)cc2)cc1. The molecule has 8 nitrogen and oxygen atoms in total. The molecule has 0 saturated carbocycles. The minimum absolute atomic E-state index is 0.0256. The summed E-state index contributed by atoms with van der Waals surface area (Å²) in [5.74, 6) is -0.351. The largest absolute Gasteiger partial charge is 0.494 e. The first kappa shape index (κ1) is 29.5. The van der Waals surface area contributed by atoms with Crippen LogP contribution in [0.15, 0.2) is 82.2 Å². The predicted octanol–water partition coefficient (Wildman–Crippen LogP) is 4.86. The number of hydrogen-bond donors (Lipinski definition) is 1. The van der Waals surface area contributed by atoms with Gasteiger partial charge in [0.15, 0.2) is 0 Å². The van der Waals surface area contributed by atoms with E-state index in [9.17, 15) is 18.0 Å². The lowest BCUT2D eigenvalue weighted by Crippen LogP contribution is -2.50. The minimum Gasteiger partial charge on any atom is -0.494 e. The highest BCUT2D eigenvalue weighted by Gasteiger charge is 2.32. The maximum Gasteiger partial charge on any atom is 0.264 e. The van der Waals surface area contributed by atoms with Crippen LogP contribution in [0, 0.1) is 0 Å². The lowest BCUT2D eigenvalue weighted by molar-refractivity contribution is -0.139. The molecule has 3 aromatic rings. The number of amides is 2. The Bertz CT molecular complexity index is 1350. The monoisotopic (exact) mass is 621 g/mol. The topological polar surface area (TPSA) is 96.0 Å². The van der Waals surface area contributed by atoms with Crippen LogP contribution in [0.25, 0.3) is 0 Å². The molecule has 0 aromatic heterocycles. The number of rotatable bonds is 11. The van der Waals surface area contributed by atoms with Gasteiger partial charge in [-0.3, -0.25) is 13.9 Å². The summed E-state index contributed by atoms with van der Waals surface area (Å²) in [5.41, 5.74) is 1.05. The molecule has 1 atom stereocenters. The maximum atomic E-state index is 13.8. The molecule has 0 radical (unpaired) electrons. The van der Waals surface area contributed by atoms with Crippen molar-refractivity contribution >= 4 is 55.1 Å². The fraction of sp³-hybridized carbons (Fsp3) is 0.259. The molecule has 0 aliphatic carbocycles. The van der Waals surface area contributed by atoms with Crippen LogP contribution in [-0.4, -0.2) is 51.4 Å². The number of anilines is 1. The van der Waals surface area contributed by atoms with E-state index in [1.54, 1.807) is 31.2 Å². The van der Waals surface area contributed by atoms with Crippen molar-refractivity contribution in [3.05, 3.63) is 87.9 Å². The molecule has 1 N–H and O–H groups in total. The van der Waals surface area contributed by atoms with Crippen LogP contribution in [-0.2, 0) is 26.2 Å². The van der Waals surface area contributed by atoms with Crippen LogP contribution in [0.4, 0.5) is 5.69 Å². The third-order valence-electron chi connectivity index (χ3n) is 5.80. The zero-order valence-electron chi connectivity index (χ0n) is 21.2. The minimum atomic E-state index is -4.17. The van der Waals surface area contributed by atoms with Gasteiger partial charge in [0, 0.05) is 23.1 Å². The van der Waals surface area contributed by atoms with Gasteiger partial charge in [-0.05, 0) is 80.1 Å². The molecule has 0 bridgehead atoms. The highest BCUT2D eigenvalue weighted by atomic mass is 79.9. The zero-order chi connectivity index (χ0) is 27.9. The first-order valence-electron chi connectivity index (χ1n) is 11.8. The van der Waals surface area contributed by atoms with E-state index in [4.69, 9.17) is 16.3 Å². The highest BCUT2D eigenvalue weighted by molar-refractivity contribution is 9.10. The van der Waals surface area contributed by atoms with E-state index in [-0.39, 0.29) is 23.0 Å². The van der Waals surface area contributed by atoms with Crippen molar-refractivity contribution in [3.8, 4) is 5.75 Å². The number of carbonyl (C=O) groups is 2. The van der Waals surface area contributed by atoms with Crippen molar-refractivity contribution in [3.63, 3.8) is 0 Å². The van der Waals surface area contributed by atoms with Gasteiger partial charge >= 0.3 is 0 Å². The number of halogens is 2. The van der Waals surface area contributed by atoms with Gasteiger partial charge in [-0.25, -0.2) is 8.42 Å². The van der Waals surface area contributed by atoms with Gasteiger partial charge in [-0.15, -0.1) is 0 Å². The van der Waals surface area contributed by atoms with Crippen LogP contribution in [0.3, 0.4) is 0 Å². The van der Waals surface area contributed by atoms with Crippen molar-refractivity contribution in [1.29, 1.82) is 0 Å². The molecule has 2 amide bonds. The molecule has 0 spiro atoms. The summed E-state index contributed by atoms with van der Waals surface area (Å²) in [6.07, 6.45) is 0. The lowest BCUT2D eigenvalue weighted by Gasteiger charge is -2.31. The number of nitrogens with zero attached hydrogens (tertiary/aromatic N) is 2. The Balaban J connectivity index is 2.02. The summed E-state index contributed by atoms with van der Waals surface area (Å²) in [7, 11) is -2.69. The van der Waals surface area contributed by atoms with Crippen molar-refractivity contribution < 1.29 is 22.7 Å². The van der Waals surface area contributed by atoms with E-state index in [1.807, 2.05) is 31.2 Å². The first-order chi connectivity index (χ1) is 18.1. The molecular formula is C27H29BrClN3O5S. The van der Waals surface area contributed by atoms with Crippen LogP contribution < -0.4 is 14.4 Å². The summed E-state index contributed by atoms with van der Waals surface area (Å²) < 4.78 is 34.9. The molecular weight excluding hydrogens is 594 g/mol. The summed E-state index contributed by atoms with van der Waals surface area (Å²) in [5, 5.41) is 2.94. The Labute approximate surface area is 236 Å². The van der Waals surface area contributed by atoms with E-state index < -0.39 is 28.5 Å². The average Bonchev–Trinajstić information content (AvgIpc) is 2.91. The number of carbonyl (C=O) groups excluding carboxylic acids is 2. The van der Waals surface area contributed by atoms with Crippen molar-refractivity contribution in [2.24, 2.45) is 0 Å². The first-order valence-corrected chi connectivity index (χ1v) is 14.4. The Morgan fingerprint density at radius 3 is 2.16 bits per heavy atom. The number of likely N-dealkylation sites (N-methyl/N-ethyl adjacent to an activating group) is 1. The molecule has 0 saturated heterocycles. The third kappa shape index (κ3) is 7.27. The second-order valence-corrected chi connectivity index (χ2v) is 11.5. The van der Waals surface area contributed by atoms with Crippen molar-refractivity contribution in [1.82, 2.24) is 10.2 Å². The number of hydrogen-bond acceptors (Lipinski definition) is 5. The molecule has 3 aromatic carbocycles. The van der Waals surface area contributed by atoms with E-state index in [2.05, 4.69) is 21.2 Å². The average molecular weight is 623 g/mol. The number of sulfonamides is 1. The summed E-state index contributed by atoms with van der Waals surface area (Å²) in [6.45, 7) is 3.48. The van der Waals surface area contributed by atoms with Crippen molar-refractivity contribution in [2.45, 2.75) is 31.3 Å². The van der Waals surface area contributed by atoms with Crippen LogP contribution in [0.2, 0.25) is 5.02 Å². The second-order valence-electron chi connectivity index (χ2n) is 8.33. The fourth-order valence-electron chi connectivity index (χ4n) is 3.72. The van der Waals surface area contributed by atoms with Gasteiger partial charge in [-0.1, -0.05) is 39.7 Å². The smallest absolute Gasteiger partial charge is 0.264 e. The number of benzene rings is 3. The second kappa shape index (κ2) is 13.1. The van der Waals surface area contributed by atoms with Gasteiger partial charge < -0.3 is 15.0 Å². The van der Waals surface area contributed by atoms with Crippen LogP contribution in [0.1, 0.15) is 19.4 Å². The normalized spacial score (nSPS) is 11.9. The Morgan fingerprint density at radius 2 is 1.61 bits per heavy atom. The predicted molar refractivity (Wildman–Crippen MR) is 152 cm³/mol. The fourth-order valence-corrected chi connectivity index (χ4v) is 5.52. The van der Waals surface area contributed by atoms with E-state index in [0.29, 0.717) is 17.4 Å². The summed E-state index contributed by atoms with van der Waals surface area (Å²) in [4.78, 5) is 27.6. The highest BCUT2D eigenvalue weighted by Crippen LogP contribution is 2.27. The molecule has 3 rings (SSSR count). The molecule has 0 aliphatic heterocycles. The van der Waals surface area contributed by atoms with Gasteiger partial charge in [0.25, 0.3) is 10.0 Å². The third-order valence-corrected chi connectivity index (χ3v) is 8.36. The van der Waals surface area contributed by atoms with Crippen LogP contribution >= 0.6 is 27.5 Å². The quantitative estimate of drug-likeness (QED) is 0.330. The molecule has 0 fully saturated rings. The molecule has 1 unspecified atom stereocenters. The summed E-state index contributed by atoms with van der Waals surface area (Å²) in [6, 6.07) is 18.6. The standard InChI is InChI=1S/C27H29BrClN3O5S/c1-4-37-24-13-11-23(12-14-24)32(38(35,36)25-15-9-22(29)10-16-25)18-26(33)31(19(2)27(34)30-3)17-20-5-7-21(28)8-6-20/h5-16,19H,4,17-18H2,1-3H3,(H,30,34). The lowest BCUT2D eigenvalue weighted by atomic mass is 10.1. The maximum absolute atomic E-state index is 13.8. The van der Waals surface area contributed by atoms with Gasteiger partial charge in [0.05, 0.1) is 17.2 Å². The molecule has 0 aliphatic rings. The summed E-state index contributed by atoms with van der Waals surface area (Å²) >= 11 is 9.36. The van der Waals surface area contributed by atoms with Crippen molar-refractivity contribution in [2.75, 3.05) is 24.5 Å². The Kier molecular flexibility index (Phi) is 10.2. The number of nitrogens with one attached hydrogen (secondary N) is 1. The van der Waals surface area contributed by atoms with Gasteiger partial charge in [-0.2, -0.15) is 0 Å². The Hall–Kier alpha value is -3.08. The van der Waals surface area contributed by atoms with Gasteiger partial charge in [0.1, 0.15) is 18.3 Å².